The molecule has 0 heterocycles. The molecule has 1 aliphatic rings. The molecule has 0 aliphatic heterocycles. The molecule has 0 radical (unpaired) electrons. The Morgan fingerprint density at radius 3 is 2.12 bits per heavy atom. The van der Waals surface area contributed by atoms with Gasteiger partial charge in [-0.15, -0.1) is 0 Å². The van der Waals surface area contributed by atoms with E-state index in [-0.39, 0.29) is 12.0 Å². The Labute approximate surface area is 211 Å². The molecule has 0 unspecified atom stereocenters. The maximum Gasteiger partial charge on any atom is 0.407 e. The fourth-order valence-electron chi connectivity index (χ4n) is 4.42. The number of amides is 1. The van der Waals surface area contributed by atoms with Crippen molar-refractivity contribution < 1.29 is 14.3 Å². The van der Waals surface area contributed by atoms with Gasteiger partial charge in [-0.3, -0.25) is 0 Å². The number of unbranched alkanes of at least 4 members (excludes halogenated alkanes) is 3. The average Bonchev–Trinajstić information content (AvgIpc) is 3.14. The van der Waals surface area contributed by atoms with Crippen LogP contribution in [-0.4, -0.2) is 25.9 Å². The van der Waals surface area contributed by atoms with E-state index >= 15 is 0 Å². The SMILES string of the molecule is Cc1cc(Cl)c(OCCCCCCNC(=O)OCC2c3ccccc3-c3ccccc32)c(Cl)c1. The van der Waals surface area contributed by atoms with Crippen LogP contribution in [0.5, 0.6) is 5.75 Å². The molecular formula is C28H29Cl2NO3. The van der Waals surface area contributed by atoms with Crippen LogP contribution in [0.3, 0.4) is 0 Å². The highest BCUT2D eigenvalue weighted by atomic mass is 35.5. The second-order valence-electron chi connectivity index (χ2n) is 8.57. The van der Waals surface area contributed by atoms with E-state index < -0.39 is 0 Å². The molecule has 3 aromatic rings. The van der Waals surface area contributed by atoms with Gasteiger partial charge in [0, 0.05) is 12.5 Å². The van der Waals surface area contributed by atoms with E-state index in [9.17, 15) is 4.79 Å². The van der Waals surface area contributed by atoms with Crippen LogP contribution < -0.4 is 10.1 Å². The topological polar surface area (TPSA) is 47.6 Å². The maximum absolute atomic E-state index is 12.2. The quantitative estimate of drug-likeness (QED) is 0.291. The number of carbonyl (C=O) groups excluding carboxylic acids is 1. The summed E-state index contributed by atoms with van der Waals surface area (Å²) in [6.07, 6.45) is 3.39. The van der Waals surface area contributed by atoms with Gasteiger partial charge in [-0.1, -0.05) is 84.6 Å². The summed E-state index contributed by atoms with van der Waals surface area (Å²) in [6, 6.07) is 20.3. The molecular weight excluding hydrogens is 469 g/mol. The number of halogens is 2. The summed E-state index contributed by atoms with van der Waals surface area (Å²) < 4.78 is 11.3. The van der Waals surface area contributed by atoms with Crippen molar-refractivity contribution in [3.05, 3.63) is 87.4 Å². The predicted octanol–water partition coefficient (Wildman–Crippen LogP) is 7.78. The van der Waals surface area contributed by atoms with E-state index in [4.69, 9.17) is 32.7 Å². The van der Waals surface area contributed by atoms with Crippen molar-refractivity contribution in [2.24, 2.45) is 0 Å². The number of rotatable bonds is 10. The van der Waals surface area contributed by atoms with Crippen LogP contribution in [0, 0.1) is 6.92 Å². The lowest BCUT2D eigenvalue weighted by molar-refractivity contribution is 0.143. The number of fused-ring (bicyclic) bond motifs is 3. The third-order valence-electron chi connectivity index (χ3n) is 6.07. The van der Waals surface area contributed by atoms with Gasteiger partial charge in [-0.2, -0.15) is 0 Å². The summed E-state index contributed by atoms with van der Waals surface area (Å²) in [4.78, 5) is 12.2. The normalized spacial score (nSPS) is 12.2. The Morgan fingerprint density at radius 1 is 0.882 bits per heavy atom. The minimum Gasteiger partial charge on any atom is -0.490 e. The Balaban J connectivity index is 1.12. The highest BCUT2D eigenvalue weighted by Gasteiger charge is 2.28. The highest BCUT2D eigenvalue weighted by molar-refractivity contribution is 6.37. The first kappa shape index (κ1) is 24.4. The summed E-state index contributed by atoms with van der Waals surface area (Å²) in [5.74, 6) is 0.625. The molecule has 4 rings (SSSR count). The zero-order chi connectivity index (χ0) is 23.9. The first-order chi connectivity index (χ1) is 16.5. The molecule has 34 heavy (non-hydrogen) atoms. The lowest BCUT2D eigenvalue weighted by atomic mass is 9.98. The second kappa shape index (κ2) is 11.6. The van der Waals surface area contributed by atoms with E-state index in [1.165, 1.54) is 22.3 Å². The number of hydrogen-bond donors (Lipinski definition) is 1. The zero-order valence-corrected chi connectivity index (χ0v) is 20.8. The maximum atomic E-state index is 12.2. The van der Waals surface area contributed by atoms with Crippen LogP contribution in [0.25, 0.3) is 11.1 Å². The fraction of sp³-hybridized carbons (Fsp3) is 0.321. The molecule has 178 valence electrons. The Bertz CT molecular complexity index is 1080. The zero-order valence-electron chi connectivity index (χ0n) is 19.3. The molecule has 4 nitrogen and oxygen atoms in total. The Morgan fingerprint density at radius 2 is 1.47 bits per heavy atom. The van der Waals surface area contributed by atoms with Gasteiger partial charge >= 0.3 is 6.09 Å². The average molecular weight is 498 g/mol. The molecule has 1 amide bonds. The number of benzene rings is 3. The van der Waals surface area contributed by atoms with E-state index in [0.717, 1.165) is 31.2 Å². The van der Waals surface area contributed by atoms with Gasteiger partial charge < -0.3 is 14.8 Å². The second-order valence-corrected chi connectivity index (χ2v) is 9.39. The van der Waals surface area contributed by atoms with Gasteiger partial charge in [-0.25, -0.2) is 4.79 Å². The largest absolute Gasteiger partial charge is 0.490 e. The molecule has 0 aromatic heterocycles. The molecule has 1 aliphatic carbocycles. The molecule has 3 aromatic carbocycles. The molecule has 0 spiro atoms. The first-order valence-corrected chi connectivity index (χ1v) is 12.5. The number of aryl methyl sites for hydroxylation is 1. The lowest BCUT2D eigenvalue weighted by Crippen LogP contribution is -2.27. The number of nitrogens with one attached hydrogen (secondary N) is 1. The van der Waals surface area contributed by atoms with Crippen molar-refractivity contribution in [2.75, 3.05) is 19.8 Å². The predicted molar refractivity (Wildman–Crippen MR) is 138 cm³/mol. The van der Waals surface area contributed by atoms with Gasteiger partial charge in [0.1, 0.15) is 6.61 Å². The molecule has 6 heteroatoms. The van der Waals surface area contributed by atoms with Gasteiger partial charge in [0.15, 0.2) is 5.75 Å². The monoisotopic (exact) mass is 497 g/mol. The van der Waals surface area contributed by atoms with Crippen LogP contribution in [0.1, 0.15) is 48.3 Å². The molecule has 0 bridgehead atoms. The summed E-state index contributed by atoms with van der Waals surface area (Å²) in [7, 11) is 0. The van der Waals surface area contributed by atoms with Crippen LogP contribution >= 0.6 is 23.2 Å². The lowest BCUT2D eigenvalue weighted by Gasteiger charge is -2.14. The van der Waals surface area contributed by atoms with Crippen molar-refractivity contribution in [2.45, 2.75) is 38.5 Å². The standard InChI is InChI=1S/C28H29Cl2NO3/c1-19-16-25(29)27(26(30)17-19)33-15-9-3-2-8-14-31-28(32)34-18-24-22-12-6-4-10-20(22)21-11-5-7-13-23(21)24/h4-7,10-13,16-17,24H,2-3,8-9,14-15,18H2,1H3,(H,31,32). The van der Waals surface area contributed by atoms with Crippen LogP contribution in [-0.2, 0) is 4.74 Å². The fourth-order valence-corrected chi connectivity index (χ4v) is 5.12. The van der Waals surface area contributed by atoms with Crippen molar-refractivity contribution >= 4 is 29.3 Å². The van der Waals surface area contributed by atoms with Crippen molar-refractivity contribution in [1.82, 2.24) is 5.32 Å². The number of alkyl carbamates (subject to hydrolysis) is 1. The third kappa shape index (κ3) is 5.86. The van der Waals surface area contributed by atoms with E-state index in [2.05, 4.69) is 29.6 Å². The summed E-state index contributed by atoms with van der Waals surface area (Å²) >= 11 is 12.4. The first-order valence-electron chi connectivity index (χ1n) is 11.7. The number of hydrogen-bond acceptors (Lipinski definition) is 3. The van der Waals surface area contributed by atoms with Crippen LogP contribution in [0.4, 0.5) is 4.79 Å². The van der Waals surface area contributed by atoms with Crippen LogP contribution in [0.15, 0.2) is 60.7 Å². The van der Waals surface area contributed by atoms with Gasteiger partial charge in [0.2, 0.25) is 0 Å². The van der Waals surface area contributed by atoms with Crippen molar-refractivity contribution in [3.8, 4) is 16.9 Å². The minimum atomic E-state index is -0.367. The van der Waals surface area contributed by atoms with Crippen molar-refractivity contribution in [3.63, 3.8) is 0 Å². The number of carbonyl (C=O) groups is 1. The number of ether oxygens (including phenoxy) is 2. The molecule has 0 atom stereocenters. The Hall–Kier alpha value is -2.69. The van der Waals surface area contributed by atoms with Crippen LogP contribution in [0.2, 0.25) is 10.0 Å². The smallest absolute Gasteiger partial charge is 0.407 e. The summed E-state index contributed by atoms with van der Waals surface area (Å²) in [5, 5.41) is 3.94. The van der Waals surface area contributed by atoms with E-state index in [1.54, 1.807) is 0 Å². The van der Waals surface area contributed by atoms with Gasteiger partial charge in [0.25, 0.3) is 0 Å². The minimum absolute atomic E-state index is 0.0775. The van der Waals surface area contributed by atoms with Gasteiger partial charge in [0.05, 0.1) is 16.7 Å². The van der Waals surface area contributed by atoms with E-state index in [1.807, 2.05) is 43.3 Å². The molecule has 0 saturated carbocycles. The van der Waals surface area contributed by atoms with Gasteiger partial charge in [-0.05, 0) is 59.7 Å². The summed E-state index contributed by atoms with van der Waals surface area (Å²) in [6.45, 7) is 3.43. The van der Waals surface area contributed by atoms with E-state index in [0.29, 0.717) is 35.6 Å². The molecule has 0 saturated heterocycles. The highest BCUT2D eigenvalue weighted by Crippen LogP contribution is 2.44. The Kier molecular flexibility index (Phi) is 8.36. The van der Waals surface area contributed by atoms with Crippen molar-refractivity contribution in [1.29, 1.82) is 0 Å². The summed E-state index contributed by atoms with van der Waals surface area (Å²) in [5.41, 5.74) is 5.89. The third-order valence-corrected chi connectivity index (χ3v) is 6.63. The molecule has 0 fully saturated rings. The molecule has 1 N–H and O–H groups in total.